The largest absolute Gasteiger partial charge is 0.493 e. The van der Waals surface area contributed by atoms with E-state index in [9.17, 15) is 0 Å². The van der Waals surface area contributed by atoms with Crippen LogP contribution in [0.2, 0.25) is 0 Å². The monoisotopic (exact) mass is 376 g/mol. The number of rotatable bonds is 10. The number of unbranched alkanes of at least 4 members (excludes halogenated alkanes) is 1. The number of likely N-dealkylation sites (tertiary alicyclic amines) is 1. The van der Waals surface area contributed by atoms with Crippen LogP contribution in [0.1, 0.15) is 31.2 Å². The molecule has 1 fully saturated rings. The Morgan fingerprint density at radius 1 is 1.15 bits per heavy atom. The predicted octanol–water partition coefficient (Wildman–Crippen LogP) is 2.63. The first kappa shape index (κ1) is 21.4. The quantitative estimate of drug-likeness (QED) is 0.386. The van der Waals surface area contributed by atoms with Gasteiger partial charge in [0.1, 0.15) is 0 Å². The lowest BCUT2D eigenvalue weighted by Crippen LogP contribution is -2.40. The summed E-state index contributed by atoms with van der Waals surface area (Å²) in [6.45, 7) is 5.67. The lowest BCUT2D eigenvalue weighted by Gasteiger charge is -2.22. The molecule has 1 aromatic carbocycles. The van der Waals surface area contributed by atoms with Crippen LogP contribution < -0.4 is 14.8 Å². The summed E-state index contributed by atoms with van der Waals surface area (Å²) in [6.07, 6.45) is 6.09. The highest BCUT2D eigenvalue weighted by Crippen LogP contribution is 2.27. The van der Waals surface area contributed by atoms with Crippen molar-refractivity contribution in [2.45, 2.75) is 32.1 Å². The number of ether oxygens (including phenoxy) is 2. The lowest BCUT2D eigenvalue weighted by molar-refractivity contribution is 0.330. The zero-order valence-corrected chi connectivity index (χ0v) is 17.5. The van der Waals surface area contributed by atoms with E-state index in [1.807, 2.05) is 19.2 Å². The molecule has 1 aliphatic heterocycles. The number of methoxy groups -OCH3 is 2. The minimum Gasteiger partial charge on any atom is -0.493 e. The number of likely N-dealkylation sites (N-methyl/N-ethyl adjacent to an activating group) is 1. The molecule has 6 nitrogen and oxygen atoms in total. The maximum atomic E-state index is 5.39. The summed E-state index contributed by atoms with van der Waals surface area (Å²) < 4.78 is 10.7. The summed E-state index contributed by atoms with van der Waals surface area (Å²) in [5.41, 5.74) is 1.22. The summed E-state index contributed by atoms with van der Waals surface area (Å²) in [7, 11) is 7.26. The zero-order valence-electron chi connectivity index (χ0n) is 17.5. The smallest absolute Gasteiger partial charge is 0.193 e. The van der Waals surface area contributed by atoms with Gasteiger partial charge in [0.25, 0.3) is 0 Å². The van der Waals surface area contributed by atoms with Crippen molar-refractivity contribution in [2.24, 2.45) is 4.99 Å². The number of nitrogens with zero attached hydrogens (tertiary/aromatic N) is 3. The third-order valence-electron chi connectivity index (χ3n) is 5.14. The van der Waals surface area contributed by atoms with Crippen molar-refractivity contribution in [3.63, 3.8) is 0 Å². The number of hydrogen-bond donors (Lipinski definition) is 1. The topological polar surface area (TPSA) is 49.3 Å². The van der Waals surface area contributed by atoms with Crippen LogP contribution in [0.15, 0.2) is 23.2 Å². The SMILES string of the molecule is CN=C(NCCCCN1CCCC1)N(C)CCc1ccc(OC)c(OC)c1. The summed E-state index contributed by atoms with van der Waals surface area (Å²) in [4.78, 5) is 9.16. The molecule has 0 aliphatic carbocycles. The van der Waals surface area contributed by atoms with E-state index < -0.39 is 0 Å². The van der Waals surface area contributed by atoms with E-state index in [-0.39, 0.29) is 0 Å². The first-order valence-corrected chi connectivity index (χ1v) is 10.0. The van der Waals surface area contributed by atoms with Gasteiger partial charge in [0, 0.05) is 27.2 Å². The Morgan fingerprint density at radius 3 is 2.56 bits per heavy atom. The molecule has 6 heteroatoms. The second kappa shape index (κ2) is 11.7. The van der Waals surface area contributed by atoms with Crippen molar-refractivity contribution >= 4 is 5.96 Å². The molecular weight excluding hydrogens is 340 g/mol. The lowest BCUT2D eigenvalue weighted by atomic mass is 10.1. The van der Waals surface area contributed by atoms with Crippen LogP contribution in [0, 0.1) is 0 Å². The Balaban J connectivity index is 1.70. The summed E-state index contributed by atoms with van der Waals surface area (Å²) in [5, 5.41) is 3.48. The van der Waals surface area contributed by atoms with Gasteiger partial charge in [0.05, 0.1) is 14.2 Å². The number of guanidine groups is 1. The molecule has 0 spiro atoms. The Hall–Kier alpha value is -1.95. The minimum absolute atomic E-state index is 0.765. The average Bonchev–Trinajstić information content (AvgIpc) is 3.22. The van der Waals surface area contributed by atoms with E-state index in [2.05, 4.69) is 33.2 Å². The molecule has 0 bridgehead atoms. The summed E-state index contributed by atoms with van der Waals surface area (Å²) >= 11 is 0. The minimum atomic E-state index is 0.765. The van der Waals surface area contributed by atoms with Gasteiger partial charge in [0.15, 0.2) is 17.5 Å². The van der Waals surface area contributed by atoms with Gasteiger partial charge in [-0.15, -0.1) is 0 Å². The van der Waals surface area contributed by atoms with E-state index >= 15 is 0 Å². The van der Waals surface area contributed by atoms with Crippen LogP contribution in [0.25, 0.3) is 0 Å². The molecule has 0 saturated carbocycles. The van der Waals surface area contributed by atoms with Crippen molar-refractivity contribution in [3.05, 3.63) is 23.8 Å². The third-order valence-corrected chi connectivity index (χ3v) is 5.14. The highest BCUT2D eigenvalue weighted by Gasteiger charge is 2.11. The van der Waals surface area contributed by atoms with Gasteiger partial charge in [-0.3, -0.25) is 4.99 Å². The Kier molecular flexibility index (Phi) is 9.25. The van der Waals surface area contributed by atoms with Crippen LogP contribution in [0.4, 0.5) is 0 Å². The number of aliphatic imine (C=N–C) groups is 1. The molecule has 0 unspecified atom stereocenters. The van der Waals surface area contributed by atoms with Crippen LogP contribution in [0.5, 0.6) is 11.5 Å². The standard InChI is InChI=1S/C21H36N4O2/c1-22-21(23-12-5-6-13-25-14-7-8-15-25)24(2)16-11-18-9-10-19(26-3)20(17-18)27-4/h9-10,17H,5-8,11-16H2,1-4H3,(H,22,23). The average molecular weight is 377 g/mol. The molecule has 1 aliphatic rings. The normalized spacial score (nSPS) is 15.0. The van der Waals surface area contributed by atoms with Crippen molar-refractivity contribution < 1.29 is 9.47 Å². The van der Waals surface area contributed by atoms with E-state index in [4.69, 9.17) is 9.47 Å². The molecule has 1 N–H and O–H groups in total. The van der Waals surface area contributed by atoms with Gasteiger partial charge >= 0.3 is 0 Å². The number of nitrogens with one attached hydrogen (secondary N) is 1. The first-order chi connectivity index (χ1) is 13.2. The second-order valence-corrected chi connectivity index (χ2v) is 7.09. The van der Waals surface area contributed by atoms with Gasteiger partial charge in [-0.1, -0.05) is 6.07 Å². The van der Waals surface area contributed by atoms with Crippen molar-refractivity contribution in [3.8, 4) is 11.5 Å². The maximum Gasteiger partial charge on any atom is 0.193 e. The van der Waals surface area contributed by atoms with E-state index in [0.29, 0.717) is 0 Å². The maximum absolute atomic E-state index is 5.39. The molecule has 1 heterocycles. The molecule has 27 heavy (non-hydrogen) atoms. The van der Waals surface area contributed by atoms with Gasteiger partial charge < -0.3 is 24.6 Å². The predicted molar refractivity (Wildman–Crippen MR) is 112 cm³/mol. The fourth-order valence-corrected chi connectivity index (χ4v) is 3.49. The zero-order chi connectivity index (χ0) is 19.5. The van der Waals surface area contributed by atoms with Crippen molar-refractivity contribution in [1.82, 2.24) is 15.1 Å². The van der Waals surface area contributed by atoms with Crippen molar-refractivity contribution in [1.29, 1.82) is 0 Å². The van der Waals surface area contributed by atoms with Crippen LogP contribution in [-0.2, 0) is 6.42 Å². The van der Waals surface area contributed by atoms with Crippen molar-refractivity contribution in [2.75, 3.05) is 61.0 Å². The van der Waals surface area contributed by atoms with E-state index in [1.54, 1.807) is 14.2 Å². The van der Waals surface area contributed by atoms with Crippen LogP contribution >= 0.6 is 0 Å². The Morgan fingerprint density at radius 2 is 1.89 bits per heavy atom. The molecular formula is C21H36N4O2. The summed E-state index contributed by atoms with van der Waals surface area (Å²) in [5.74, 6) is 2.50. The van der Waals surface area contributed by atoms with Gasteiger partial charge in [-0.25, -0.2) is 0 Å². The van der Waals surface area contributed by atoms with E-state index in [1.165, 1.54) is 50.9 Å². The molecule has 1 saturated heterocycles. The summed E-state index contributed by atoms with van der Waals surface area (Å²) in [6, 6.07) is 6.09. The van der Waals surface area contributed by atoms with Gasteiger partial charge in [-0.05, 0) is 69.4 Å². The first-order valence-electron chi connectivity index (χ1n) is 10.0. The highest BCUT2D eigenvalue weighted by atomic mass is 16.5. The Bertz CT molecular complexity index is 586. The van der Waals surface area contributed by atoms with Crippen LogP contribution in [0.3, 0.4) is 0 Å². The molecule has 0 aromatic heterocycles. The van der Waals surface area contributed by atoms with Crippen LogP contribution in [-0.4, -0.2) is 76.8 Å². The second-order valence-electron chi connectivity index (χ2n) is 7.09. The molecule has 152 valence electrons. The molecule has 2 rings (SSSR count). The number of hydrogen-bond acceptors (Lipinski definition) is 4. The van der Waals surface area contributed by atoms with Gasteiger partial charge in [-0.2, -0.15) is 0 Å². The molecule has 0 radical (unpaired) electrons. The fourth-order valence-electron chi connectivity index (χ4n) is 3.49. The number of benzene rings is 1. The molecule has 1 aromatic rings. The highest BCUT2D eigenvalue weighted by molar-refractivity contribution is 5.79. The molecule has 0 atom stereocenters. The fraction of sp³-hybridized carbons (Fsp3) is 0.667. The third kappa shape index (κ3) is 6.94. The molecule has 0 amide bonds. The Labute approximate surface area is 164 Å². The van der Waals surface area contributed by atoms with Gasteiger partial charge in [0.2, 0.25) is 0 Å². The van der Waals surface area contributed by atoms with E-state index in [0.717, 1.165) is 37.0 Å².